The van der Waals surface area contributed by atoms with Crippen LogP contribution in [0.15, 0.2) is 78.9 Å². The van der Waals surface area contributed by atoms with Crippen LogP contribution in [0.2, 0.25) is 5.02 Å². The molecule has 1 N–H and O–H groups in total. The summed E-state index contributed by atoms with van der Waals surface area (Å²) >= 11 is 6.27. The third kappa shape index (κ3) is 9.02. The zero-order valence-electron chi connectivity index (χ0n) is 23.2. The van der Waals surface area contributed by atoms with Crippen LogP contribution in [0.5, 0.6) is 0 Å². The third-order valence-corrected chi connectivity index (χ3v) is 7.03. The van der Waals surface area contributed by atoms with Crippen LogP contribution in [0.25, 0.3) is 0 Å². The quantitative estimate of drug-likeness (QED) is 0.252. The number of nitrogens with zero attached hydrogens (tertiary/aromatic N) is 1. The van der Waals surface area contributed by atoms with Gasteiger partial charge in [-0.1, -0.05) is 112 Å². The molecule has 0 saturated heterocycles. The average Bonchev–Trinajstić information content (AvgIpc) is 2.89. The first-order valence-corrected chi connectivity index (χ1v) is 14.0. The number of carbonyl (C=O) groups excluding carboxylic acids is 2. The van der Waals surface area contributed by atoms with Gasteiger partial charge >= 0.3 is 0 Å². The number of aryl methyl sites for hydroxylation is 1. The van der Waals surface area contributed by atoms with Gasteiger partial charge in [0.1, 0.15) is 6.04 Å². The summed E-state index contributed by atoms with van der Waals surface area (Å²) < 4.78 is 0. The molecule has 38 heavy (non-hydrogen) atoms. The molecule has 0 radical (unpaired) electrons. The van der Waals surface area contributed by atoms with Gasteiger partial charge in [0.05, 0.1) is 0 Å². The van der Waals surface area contributed by atoms with Gasteiger partial charge in [0.2, 0.25) is 11.8 Å². The fraction of sp³-hybridized carbons (Fsp3) is 0.394. The summed E-state index contributed by atoms with van der Waals surface area (Å²) in [6.07, 6.45) is 3.28. The van der Waals surface area contributed by atoms with E-state index in [9.17, 15) is 9.59 Å². The van der Waals surface area contributed by atoms with Crippen molar-refractivity contribution in [3.05, 3.63) is 106 Å². The Balaban J connectivity index is 1.86. The van der Waals surface area contributed by atoms with E-state index in [4.69, 9.17) is 11.6 Å². The maximum absolute atomic E-state index is 13.8. The Bertz CT molecular complexity index is 1170. The number of hydrogen-bond donors (Lipinski definition) is 1. The molecule has 2 amide bonds. The highest BCUT2D eigenvalue weighted by molar-refractivity contribution is 6.30. The third-order valence-electron chi connectivity index (χ3n) is 6.79. The van der Waals surface area contributed by atoms with Crippen molar-refractivity contribution in [3.63, 3.8) is 0 Å². The van der Waals surface area contributed by atoms with Crippen LogP contribution in [0.3, 0.4) is 0 Å². The number of amides is 2. The highest BCUT2D eigenvalue weighted by Crippen LogP contribution is 2.23. The lowest BCUT2D eigenvalue weighted by atomic mass is 9.86. The van der Waals surface area contributed by atoms with E-state index in [2.05, 4.69) is 57.3 Å². The van der Waals surface area contributed by atoms with Crippen molar-refractivity contribution < 1.29 is 9.59 Å². The average molecular weight is 533 g/mol. The Kier molecular flexibility index (Phi) is 11.0. The number of unbranched alkanes of at least 4 members (excludes halogenated alkanes) is 1. The van der Waals surface area contributed by atoms with Crippen LogP contribution in [0.1, 0.15) is 69.2 Å². The molecule has 3 aromatic rings. The molecule has 0 spiro atoms. The van der Waals surface area contributed by atoms with E-state index in [-0.39, 0.29) is 17.2 Å². The fourth-order valence-electron chi connectivity index (χ4n) is 4.46. The standard InChI is InChI=1S/C33H41ClN2O2/c1-5-6-21-35-32(38)30(23-26-11-8-7-9-12-26)36(24-27-13-10-14-29(34)22-27)31(37)20-17-25-15-18-28(19-16-25)33(2,3)4/h7-16,18-19,22,30H,5-6,17,20-21,23-24H2,1-4H3,(H,35,38)/t30-/m0/s1. The van der Waals surface area contributed by atoms with Gasteiger partial charge in [-0.05, 0) is 52.6 Å². The number of hydrogen-bond acceptors (Lipinski definition) is 2. The molecule has 4 nitrogen and oxygen atoms in total. The summed E-state index contributed by atoms with van der Waals surface area (Å²) in [6, 6.07) is 25.3. The second kappa shape index (κ2) is 14.2. The summed E-state index contributed by atoms with van der Waals surface area (Å²) in [4.78, 5) is 29.1. The first-order valence-electron chi connectivity index (χ1n) is 13.6. The number of nitrogens with one attached hydrogen (secondary N) is 1. The minimum atomic E-state index is -0.621. The van der Waals surface area contributed by atoms with Crippen molar-refractivity contribution in [1.29, 1.82) is 0 Å². The zero-order chi connectivity index (χ0) is 27.5. The first-order chi connectivity index (χ1) is 18.2. The largest absolute Gasteiger partial charge is 0.354 e. The summed E-state index contributed by atoms with van der Waals surface area (Å²) in [5, 5.41) is 3.68. The highest BCUT2D eigenvalue weighted by atomic mass is 35.5. The van der Waals surface area contributed by atoms with Crippen molar-refractivity contribution in [3.8, 4) is 0 Å². The predicted octanol–water partition coefficient (Wildman–Crippen LogP) is 7.13. The number of carbonyl (C=O) groups is 2. The molecule has 0 aliphatic heterocycles. The monoisotopic (exact) mass is 532 g/mol. The molecular weight excluding hydrogens is 492 g/mol. The fourth-order valence-corrected chi connectivity index (χ4v) is 4.67. The molecule has 3 rings (SSSR count). The van der Waals surface area contributed by atoms with E-state index < -0.39 is 6.04 Å². The second-order valence-electron chi connectivity index (χ2n) is 10.9. The van der Waals surface area contributed by atoms with Crippen LogP contribution in [0.4, 0.5) is 0 Å². The molecule has 0 aliphatic carbocycles. The Morgan fingerprint density at radius 1 is 0.895 bits per heavy atom. The van der Waals surface area contributed by atoms with Gasteiger partial charge in [-0.15, -0.1) is 0 Å². The SMILES string of the molecule is CCCCNC(=O)[C@H](Cc1ccccc1)N(Cc1cccc(Cl)c1)C(=O)CCc1ccc(C(C)(C)C)cc1. The van der Waals surface area contributed by atoms with E-state index in [1.165, 1.54) is 5.56 Å². The molecule has 202 valence electrons. The van der Waals surface area contributed by atoms with Crippen LogP contribution in [0, 0.1) is 0 Å². The summed E-state index contributed by atoms with van der Waals surface area (Å²) in [7, 11) is 0. The van der Waals surface area contributed by atoms with Gasteiger partial charge in [0.25, 0.3) is 0 Å². The van der Waals surface area contributed by atoms with E-state index in [0.717, 1.165) is 29.5 Å². The van der Waals surface area contributed by atoms with Gasteiger partial charge in [-0.3, -0.25) is 9.59 Å². The first kappa shape index (κ1) is 29.4. The Hall–Kier alpha value is -3.11. The summed E-state index contributed by atoms with van der Waals surface area (Å²) in [5.74, 6) is -0.163. The molecule has 0 saturated carbocycles. The summed E-state index contributed by atoms with van der Waals surface area (Å²) in [5.41, 5.74) is 4.38. The maximum Gasteiger partial charge on any atom is 0.243 e. The van der Waals surface area contributed by atoms with Crippen molar-refractivity contribution in [1.82, 2.24) is 10.2 Å². The molecule has 0 bridgehead atoms. The normalized spacial score (nSPS) is 12.1. The van der Waals surface area contributed by atoms with E-state index in [0.29, 0.717) is 37.4 Å². The van der Waals surface area contributed by atoms with Crippen molar-refractivity contribution in [2.75, 3.05) is 6.54 Å². The molecule has 0 fully saturated rings. The van der Waals surface area contributed by atoms with Crippen LogP contribution < -0.4 is 5.32 Å². The molecule has 1 atom stereocenters. The lowest BCUT2D eigenvalue weighted by Crippen LogP contribution is -2.50. The van der Waals surface area contributed by atoms with Crippen LogP contribution in [-0.2, 0) is 34.4 Å². The maximum atomic E-state index is 13.8. The molecular formula is C33H41ClN2O2. The van der Waals surface area contributed by atoms with E-state index in [1.807, 2.05) is 54.6 Å². The minimum absolute atomic E-state index is 0.0450. The van der Waals surface area contributed by atoms with Crippen LogP contribution in [-0.4, -0.2) is 29.3 Å². The number of benzene rings is 3. The summed E-state index contributed by atoms with van der Waals surface area (Å²) in [6.45, 7) is 9.59. The van der Waals surface area contributed by atoms with Gasteiger partial charge < -0.3 is 10.2 Å². The topological polar surface area (TPSA) is 49.4 Å². The zero-order valence-corrected chi connectivity index (χ0v) is 23.9. The highest BCUT2D eigenvalue weighted by Gasteiger charge is 2.30. The molecule has 0 heterocycles. The second-order valence-corrected chi connectivity index (χ2v) is 11.4. The molecule has 3 aromatic carbocycles. The van der Waals surface area contributed by atoms with Crippen molar-refractivity contribution in [2.45, 2.75) is 77.8 Å². The van der Waals surface area contributed by atoms with E-state index >= 15 is 0 Å². The molecule has 5 heteroatoms. The number of rotatable bonds is 12. The number of halogens is 1. The van der Waals surface area contributed by atoms with Gasteiger partial charge in [0.15, 0.2) is 0 Å². The van der Waals surface area contributed by atoms with Gasteiger partial charge in [-0.2, -0.15) is 0 Å². The molecule has 0 aromatic heterocycles. The van der Waals surface area contributed by atoms with Gasteiger partial charge in [-0.25, -0.2) is 0 Å². The lowest BCUT2D eigenvalue weighted by Gasteiger charge is -2.32. The Labute approximate surface area is 233 Å². The molecule has 0 aliphatic rings. The molecule has 0 unspecified atom stereocenters. The Morgan fingerprint density at radius 2 is 1.58 bits per heavy atom. The Morgan fingerprint density at radius 3 is 2.21 bits per heavy atom. The predicted molar refractivity (Wildman–Crippen MR) is 157 cm³/mol. The lowest BCUT2D eigenvalue weighted by molar-refractivity contribution is -0.141. The van der Waals surface area contributed by atoms with Crippen LogP contribution >= 0.6 is 11.6 Å². The van der Waals surface area contributed by atoms with Gasteiger partial charge in [0, 0.05) is 31.0 Å². The smallest absolute Gasteiger partial charge is 0.243 e. The van der Waals surface area contributed by atoms with Crippen molar-refractivity contribution >= 4 is 23.4 Å². The minimum Gasteiger partial charge on any atom is -0.354 e. The van der Waals surface area contributed by atoms with E-state index in [1.54, 1.807) is 4.90 Å². The van der Waals surface area contributed by atoms with Crippen molar-refractivity contribution in [2.24, 2.45) is 0 Å².